The van der Waals surface area contributed by atoms with E-state index in [0.717, 1.165) is 23.4 Å². The third-order valence-corrected chi connectivity index (χ3v) is 5.68. The van der Waals surface area contributed by atoms with Crippen LogP contribution in [0.5, 0.6) is 0 Å². The maximum absolute atomic E-state index is 12.8. The normalized spacial score (nSPS) is 12.2. The van der Waals surface area contributed by atoms with Crippen molar-refractivity contribution in [3.8, 4) is 11.1 Å². The Bertz CT molecular complexity index is 873. The van der Waals surface area contributed by atoms with Crippen LogP contribution in [0, 0.1) is 6.92 Å². The standard InChI is InChI=1S/C22H24N2OS/c1-16-13-14-26-21(16)15-24(3)17(2)22(25)23-20-12-8-7-11-19(20)18-9-5-4-6-10-18/h4-14,17H,15H2,1-3H3,(H,23,25). The molecule has 3 aromatic rings. The molecule has 0 fully saturated rings. The minimum Gasteiger partial charge on any atom is -0.324 e. The fourth-order valence-electron chi connectivity index (χ4n) is 2.83. The Hall–Kier alpha value is -2.43. The number of benzene rings is 2. The molecule has 3 nitrogen and oxygen atoms in total. The van der Waals surface area contributed by atoms with Crippen molar-refractivity contribution < 1.29 is 4.79 Å². The van der Waals surface area contributed by atoms with Crippen molar-refractivity contribution in [3.63, 3.8) is 0 Å². The molecular formula is C22H24N2OS. The Morgan fingerprint density at radius 1 is 1.08 bits per heavy atom. The molecule has 2 aromatic carbocycles. The van der Waals surface area contributed by atoms with Crippen LogP contribution in [-0.4, -0.2) is 23.9 Å². The van der Waals surface area contributed by atoms with Crippen molar-refractivity contribution in [2.45, 2.75) is 26.4 Å². The van der Waals surface area contributed by atoms with Gasteiger partial charge in [0.05, 0.1) is 6.04 Å². The quantitative estimate of drug-likeness (QED) is 0.653. The lowest BCUT2D eigenvalue weighted by Gasteiger charge is -2.24. The molecule has 1 atom stereocenters. The molecule has 1 aromatic heterocycles. The smallest absolute Gasteiger partial charge is 0.241 e. The third-order valence-electron chi connectivity index (χ3n) is 4.67. The fourth-order valence-corrected chi connectivity index (χ4v) is 3.80. The highest BCUT2D eigenvalue weighted by molar-refractivity contribution is 7.10. The maximum atomic E-state index is 12.8. The number of hydrogen-bond donors (Lipinski definition) is 1. The minimum atomic E-state index is -0.222. The largest absolute Gasteiger partial charge is 0.324 e. The number of carbonyl (C=O) groups excluding carboxylic acids is 1. The molecule has 0 bridgehead atoms. The van der Waals surface area contributed by atoms with Crippen LogP contribution in [0.3, 0.4) is 0 Å². The Morgan fingerprint density at radius 3 is 2.46 bits per heavy atom. The van der Waals surface area contributed by atoms with E-state index in [1.54, 1.807) is 11.3 Å². The zero-order valence-electron chi connectivity index (χ0n) is 15.4. The van der Waals surface area contributed by atoms with Gasteiger partial charge in [0, 0.05) is 22.7 Å². The maximum Gasteiger partial charge on any atom is 0.241 e. The van der Waals surface area contributed by atoms with E-state index in [2.05, 4.69) is 40.7 Å². The molecular weight excluding hydrogens is 340 g/mol. The average molecular weight is 365 g/mol. The zero-order chi connectivity index (χ0) is 18.5. The van der Waals surface area contributed by atoms with Crippen LogP contribution in [0.2, 0.25) is 0 Å². The van der Waals surface area contributed by atoms with Crippen LogP contribution >= 0.6 is 11.3 Å². The first-order valence-corrected chi connectivity index (χ1v) is 9.62. The van der Waals surface area contributed by atoms with E-state index >= 15 is 0 Å². The number of likely N-dealkylation sites (N-methyl/N-ethyl adjacent to an activating group) is 1. The number of carbonyl (C=O) groups is 1. The third kappa shape index (κ3) is 4.21. The summed E-state index contributed by atoms with van der Waals surface area (Å²) >= 11 is 1.74. The number of aryl methyl sites for hydroxylation is 1. The number of anilines is 1. The van der Waals surface area contributed by atoms with E-state index in [-0.39, 0.29) is 11.9 Å². The number of amides is 1. The van der Waals surface area contributed by atoms with E-state index in [0.29, 0.717) is 0 Å². The van der Waals surface area contributed by atoms with Gasteiger partial charge in [-0.05, 0) is 49.5 Å². The first-order valence-electron chi connectivity index (χ1n) is 8.75. The summed E-state index contributed by atoms with van der Waals surface area (Å²) in [7, 11) is 1.99. The summed E-state index contributed by atoms with van der Waals surface area (Å²) in [6.07, 6.45) is 0. The Kier molecular flexibility index (Phi) is 5.86. The second-order valence-electron chi connectivity index (χ2n) is 6.52. The molecule has 26 heavy (non-hydrogen) atoms. The van der Waals surface area contributed by atoms with Crippen LogP contribution < -0.4 is 5.32 Å². The Balaban J connectivity index is 1.73. The average Bonchev–Trinajstić information content (AvgIpc) is 3.06. The molecule has 0 radical (unpaired) electrons. The number of rotatable bonds is 6. The highest BCUT2D eigenvalue weighted by Gasteiger charge is 2.20. The second kappa shape index (κ2) is 8.30. The van der Waals surface area contributed by atoms with Crippen molar-refractivity contribution >= 4 is 22.9 Å². The summed E-state index contributed by atoms with van der Waals surface area (Å²) in [4.78, 5) is 16.2. The summed E-state index contributed by atoms with van der Waals surface area (Å²) in [5.41, 5.74) is 4.25. The first-order chi connectivity index (χ1) is 12.6. The molecule has 134 valence electrons. The van der Waals surface area contributed by atoms with E-state index in [1.807, 2.05) is 56.4 Å². The first kappa shape index (κ1) is 18.4. The lowest BCUT2D eigenvalue weighted by molar-refractivity contribution is -0.120. The van der Waals surface area contributed by atoms with Gasteiger partial charge in [0.2, 0.25) is 5.91 Å². The van der Waals surface area contributed by atoms with Crippen molar-refractivity contribution in [3.05, 3.63) is 76.5 Å². The topological polar surface area (TPSA) is 32.3 Å². The van der Waals surface area contributed by atoms with Gasteiger partial charge in [-0.1, -0.05) is 48.5 Å². The van der Waals surface area contributed by atoms with Crippen molar-refractivity contribution in [2.24, 2.45) is 0 Å². The molecule has 4 heteroatoms. The number of para-hydroxylation sites is 1. The lowest BCUT2D eigenvalue weighted by atomic mass is 10.0. The molecule has 0 spiro atoms. The molecule has 0 saturated heterocycles. The molecule has 0 aliphatic rings. The van der Waals surface area contributed by atoms with Crippen molar-refractivity contribution in [1.82, 2.24) is 4.90 Å². The summed E-state index contributed by atoms with van der Waals surface area (Å²) in [5, 5.41) is 5.20. The van der Waals surface area contributed by atoms with E-state index in [9.17, 15) is 4.79 Å². The number of thiophene rings is 1. The minimum absolute atomic E-state index is 0.00471. The Morgan fingerprint density at radius 2 is 1.77 bits per heavy atom. The molecule has 1 unspecified atom stereocenters. The van der Waals surface area contributed by atoms with Gasteiger partial charge in [0.15, 0.2) is 0 Å². The summed E-state index contributed by atoms with van der Waals surface area (Å²) < 4.78 is 0. The lowest BCUT2D eigenvalue weighted by Crippen LogP contribution is -2.39. The second-order valence-corrected chi connectivity index (χ2v) is 7.52. The van der Waals surface area contributed by atoms with Crippen LogP contribution in [0.25, 0.3) is 11.1 Å². The molecule has 1 amide bonds. The summed E-state index contributed by atoms with van der Waals surface area (Å²) in [6.45, 7) is 4.84. The molecule has 1 N–H and O–H groups in total. The van der Waals surface area contributed by atoms with Gasteiger partial charge in [-0.15, -0.1) is 11.3 Å². The van der Waals surface area contributed by atoms with Crippen molar-refractivity contribution in [1.29, 1.82) is 0 Å². The molecule has 0 aliphatic carbocycles. The molecule has 0 saturated carbocycles. The van der Waals surface area contributed by atoms with Gasteiger partial charge in [0.1, 0.15) is 0 Å². The number of nitrogens with one attached hydrogen (secondary N) is 1. The molecule has 1 heterocycles. The van der Waals surface area contributed by atoms with Gasteiger partial charge in [-0.2, -0.15) is 0 Å². The highest BCUT2D eigenvalue weighted by atomic mass is 32.1. The summed E-state index contributed by atoms with van der Waals surface area (Å²) in [5.74, 6) is 0.00471. The monoisotopic (exact) mass is 364 g/mol. The van der Waals surface area contributed by atoms with Crippen LogP contribution in [-0.2, 0) is 11.3 Å². The van der Waals surface area contributed by atoms with Gasteiger partial charge >= 0.3 is 0 Å². The van der Waals surface area contributed by atoms with E-state index in [1.165, 1.54) is 10.4 Å². The van der Waals surface area contributed by atoms with E-state index < -0.39 is 0 Å². The zero-order valence-corrected chi connectivity index (χ0v) is 16.2. The van der Waals surface area contributed by atoms with Gasteiger partial charge in [-0.25, -0.2) is 0 Å². The van der Waals surface area contributed by atoms with Crippen LogP contribution in [0.4, 0.5) is 5.69 Å². The van der Waals surface area contributed by atoms with Gasteiger partial charge in [0.25, 0.3) is 0 Å². The van der Waals surface area contributed by atoms with Gasteiger partial charge in [-0.3, -0.25) is 9.69 Å². The Labute approximate surface area is 159 Å². The molecule has 3 rings (SSSR count). The SMILES string of the molecule is Cc1ccsc1CN(C)C(C)C(=O)Nc1ccccc1-c1ccccc1. The predicted octanol–water partition coefficient (Wildman–Crippen LogP) is 5.18. The van der Waals surface area contributed by atoms with Crippen LogP contribution in [0.15, 0.2) is 66.0 Å². The van der Waals surface area contributed by atoms with Gasteiger partial charge < -0.3 is 5.32 Å². The number of hydrogen-bond acceptors (Lipinski definition) is 3. The molecule has 0 aliphatic heterocycles. The fraction of sp³-hybridized carbons (Fsp3) is 0.227. The van der Waals surface area contributed by atoms with E-state index in [4.69, 9.17) is 0 Å². The van der Waals surface area contributed by atoms with Crippen molar-refractivity contribution in [2.75, 3.05) is 12.4 Å². The van der Waals surface area contributed by atoms with Crippen LogP contribution in [0.1, 0.15) is 17.4 Å². The number of nitrogens with zero attached hydrogens (tertiary/aromatic N) is 1. The summed E-state index contributed by atoms with van der Waals surface area (Å²) in [6, 6.07) is 20.0. The highest BCUT2D eigenvalue weighted by Crippen LogP contribution is 2.28. The predicted molar refractivity (Wildman–Crippen MR) is 110 cm³/mol.